The summed E-state index contributed by atoms with van der Waals surface area (Å²) in [5, 5.41) is 0. The summed E-state index contributed by atoms with van der Waals surface area (Å²) >= 11 is 0. The molecule has 0 saturated heterocycles. The molecule has 0 aliphatic heterocycles. The molecule has 5 nitrogen and oxygen atoms in total. The summed E-state index contributed by atoms with van der Waals surface area (Å²) in [7, 11) is -2.01. The fourth-order valence-corrected chi connectivity index (χ4v) is 2.44. The second kappa shape index (κ2) is 5.26. The number of sulfonamides is 1. The van der Waals surface area contributed by atoms with Crippen molar-refractivity contribution >= 4 is 15.7 Å². The lowest BCUT2D eigenvalue weighted by molar-refractivity contribution is 0.0276. The van der Waals surface area contributed by atoms with Crippen molar-refractivity contribution in [1.29, 1.82) is 0 Å². The van der Waals surface area contributed by atoms with Crippen LogP contribution in [0.25, 0.3) is 0 Å². The van der Waals surface area contributed by atoms with Crippen molar-refractivity contribution in [2.45, 2.75) is 31.3 Å². The highest BCUT2D eigenvalue weighted by molar-refractivity contribution is 7.89. The van der Waals surface area contributed by atoms with Crippen LogP contribution >= 0.6 is 0 Å². The third-order valence-electron chi connectivity index (χ3n) is 2.80. The van der Waals surface area contributed by atoms with Crippen LogP contribution in [0.5, 0.6) is 0 Å². The zero-order chi connectivity index (χ0) is 14.0. The second-order valence-corrected chi connectivity index (χ2v) is 6.57. The molecule has 0 fully saturated rings. The van der Waals surface area contributed by atoms with E-state index in [1.807, 2.05) is 6.92 Å². The van der Waals surface area contributed by atoms with Crippen LogP contribution < -0.4 is 10.5 Å². The lowest BCUT2D eigenvalue weighted by atomic mass is 10.1. The average Bonchev–Trinajstić information content (AvgIpc) is 2.30. The molecule has 0 saturated carbocycles. The van der Waals surface area contributed by atoms with Gasteiger partial charge in [-0.15, -0.1) is 0 Å². The monoisotopic (exact) mass is 272 g/mol. The first-order valence-corrected chi connectivity index (χ1v) is 7.07. The predicted molar refractivity (Wildman–Crippen MR) is 71.9 cm³/mol. The summed E-state index contributed by atoms with van der Waals surface area (Å²) in [6, 6.07) is 4.68. The van der Waals surface area contributed by atoms with E-state index in [1.54, 1.807) is 19.9 Å². The number of hydrogen-bond acceptors (Lipinski definition) is 4. The highest BCUT2D eigenvalue weighted by Gasteiger charge is 2.21. The van der Waals surface area contributed by atoms with E-state index in [4.69, 9.17) is 10.5 Å². The van der Waals surface area contributed by atoms with Crippen molar-refractivity contribution in [1.82, 2.24) is 4.72 Å². The SMILES string of the molecule is COC(C)(C)CNS(=O)(=O)c1ccc(C)c(N)c1. The maximum atomic E-state index is 12.0. The van der Waals surface area contributed by atoms with E-state index in [-0.39, 0.29) is 11.4 Å². The van der Waals surface area contributed by atoms with Gasteiger partial charge >= 0.3 is 0 Å². The van der Waals surface area contributed by atoms with Crippen LogP contribution in [0.3, 0.4) is 0 Å². The van der Waals surface area contributed by atoms with Crippen LogP contribution in [0.4, 0.5) is 5.69 Å². The van der Waals surface area contributed by atoms with Crippen LogP contribution in [0.1, 0.15) is 19.4 Å². The lowest BCUT2D eigenvalue weighted by Gasteiger charge is -2.23. The number of aryl methyl sites for hydroxylation is 1. The molecule has 0 aliphatic rings. The molecule has 3 N–H and O–H groups in total. The Morgan fingerprint density at radius 1 is 1.39 bits per heavy atom. The Labute approximate surface area is 108 Å². The Morgan fingerprint density at radius 3 is 2.50 bits per heavy atom. The van der Waals surface area contributed by atoms with Crippen LogP contribution in [0, 0.1) is 6.92 Å². The number of rotatable bonds is 5. The molecular weight excluding hydrogens is 252 g/mol. The van der Waals surface area contributed by atoms with E-state index in [2.05, 4.69) is 4.72 Å². The lowest BCUT2D eigenvalue weighted by Crippen LogP contribution is -2.39. The Balaban J connectivity index is 2.90. The number of hydrogen-bond donors (Lipinski definition) is 2. The number of anilines is 1. The Morgan fingerprint density at radius 2 is 2.00 bits per heavy atom. The molecule has 0 aromatic heterocycles. The summed E-state index contributed by atoms with van der Waals surface area (Å²) in [5.74, 6) is 0. The first-order valence-electron chi connectivity index (χ1n) is 5.59. The van der Waals surface area contributed by atoms with E-state index in [0.717, 1.165) is 5.56 Å². The molecule has 0 radical (unpaired) electrons. The molecule has 0 heterocycles. The number of benzene rings is 1. The number of methoxy groups -OCH3 is 1. The molecule has 0 spiro atoms. The van der Waals surface area contributed by atoms with Gasteiger partial charge in [0.1, 0.15) is 0 Å². The van der Waals surface area contributed by atoms with Crippen molar-refractivity contribution in [3.63, 3.8) is 0 Å². The standard InChI is InChI=1S/C12H20N2O3S/c1-9-5-6-10(7-11(9)13)18(15,16)14-8-12(2,3)17-4/h5-7,14H,8,13H2,1-4H3. The fourth-order valence-electron chi connectivity index (χ4n) is 1.21. The topological polar surface area (TPSA) is 81.4 Å². The predicted octanol–water partition coefficient (Wildman–Crippen LogP) is 1.28. The molecule has 0 amide bonds. The molecule has 102 valence electrons. The molecule has 0 bridgehead atoms. The zero-order valence-corrected chi connectivity index (χ0v) is 12.0. The third-order valence-corrected chi connectivity index (χ3v) is 4.20. The number of nitrogen functional groups attached to an aromatic ring is 1. The maximum Gasteiger partial charge on any atom is 0.240 e. The molecule has 1 aromatic rings. The zero-order valence-electron chi connectivity index (χ0n) is 11.1. The van der Waals surface area contributed by atoms with Gasteiger partial charge in [-0.3, -0.25) is 0 Å². The fraction of sp³-hybridized carbons (Fsp3) is 0.500. The Hall–Kier alpha value is -1.11. The largest absolute Gasteiger partial charge is 0.398 e. The van der Waals surface area contributed by atoms with Gasteiger partial charge in [-0.2, -0.15) is 0 Å². The van der Waals surface area contributed by atoms with E-state index in [0.29, 0.717) is 5.69 Å². The van der Waals surface area contributed by atoms with Gasteiger partial charge in [0.05, 0.1) is 10.5 Å². The van der Waals surface area contributed by atoms with Crippen molar-refractivity contribution in [3.8, 4) is 0 Å². The molecule has 6 heteroatoms. The molecule has 0 aliphatic carbocycles. The van der Waals surface area contributed by atoms with Crippen molar-refractivity contribution in [2.75, 3.05) is 19.4 Å². The summed E-state index contributed by atoms with van der Waals surface area (Å²) < 4.78 is 31.7. The quantitative estimate of drug-likeness (QED) is 0.791. The summed E-state index contributed by atoms with van der Waals surface area (Å²) in [6.45, 7) is 5.63. The van der Waals surface area contributed by atoms with Gasteiger partial charge in [0.25, 0.3) is 0 Å². The molecule has 1 aromatic carbocycles. The van der Waals surface area contributed by atoms with Crippen LogP contribution in [-0.2, 0) is 14.8 Å². The number of nitrogens with two attached hydrogens (primary N) is 1. The van der Waals surface area contributed by atoms with E-state index < -0.39 is 15.6 Å². The Kier molecular flexibility index (Phi) is 4.37. The highest BCUT2D eigenvalue weighted by Crippen LogP contribution is 2.17. The van der Waals surface area contributed by atoms with Crippen molar-refractivity contribution in [2.24, 2.45) is 0 Å². The van der Waals surface area contributed by atoms with Crippen LogP contribution in [0.2, 0.25) is 0 Å². The normalized spacial score (nSPS) is 12.7. The maximum absolute atomic E-state index is 12.0. The first kappa shape index (κ1) is 14.9. The minimum absolute atomic E-state index is 0.164. The van der Waals surface area contributed by atoms with Gasteiger partial charge in [0, 0.05) is 19.3 Å². The smallest absolute Gasteiger partial charge is 0.240 e. The van der Waals surface area contributed by atoms with E-state index in [1.165, 1.54) is 19.2 Å². The van der Waals surface area contributed by atoms with Crippen molar-refractivity contribution in [3.05, 3.63) is 23.8 Å². The van der Waals surface area contributed by atoms with Gasteiger partial charge in [0.15, 0.2) is 0 Å². The average molecular weight is 272 g/mol. The highest BCUT2D eigenvalue weighted by atomic mass is 32.2. The summed E-state index contributed by atoms with van der Waals surface area (Å²) in [6.07, 6.45) is 0. The van der Waals surface area contributed by atoms with Gasteiger partial charge in [-0.1, -0.05) is 6.07 Å². The Bertz CT molecular complexity index is 524. The second-order valence-electron chi connectivity index (χ2n) is 4.81. The summed E-state index contributed by atoms with van der Waals surface area (Å²) in [4.78, 5) is 0.164. The molecule has 1 rings (SSSR count). The molecular formula is C12H20N2O3S. The first-order chi connectivity index (χ1) is 8.18. The minimum atomic E-state index is -3.55. The van der Waals surface area contributed by atoms with Crippen LogP contribution in [0.15, 0.2) is 23.1 Å². The minimum Gasteiger partial charge on any atom is -0.398 e. The van der Waals surface area contributed by atoms with Gasteiger partial charge in [0.2, 0.25) is 10.0 Å². The van der Waals surface area contributed by atoms with Crippen molar-refractivity contribution < 1.29 is 13.2 Å². The third kappa shape index (κ3) is 3.69. The molecule has 0 atom stereocenters. The number of nitrogens with one attached hydrogen (secondary N) is 1. The van der Waals surface area contributed by atoms with Gasteiger partial charge < -0.3 is 10.5 Å². The van der Waals surface area contributed by atoms with E-state index in [9.17, 15) is 8.42 Å². The van der Waals surface area contributed by atoms with Crippen LogP contribution in [-0.4, -0.2) is 27.7 Å². The van der Waals surface area contributed by atoms with Gasteiger partial charge in [-0.05, 0) is 38.5 Å². The summed E-state index contributed by atoms with van der Waals surface area (Å²) in [5.41, 5.74) is 6.47. The molecule has 0 unspecified atom stereocenters. The molecule has 18 heavy (non-hydrogen) atoms. The van der Waals surface area contributed by atoms with Gasteiger partial charge in [-0.25, -0.2) is 13.1 Å². The van der Waals surface area contributed by atoms with E-state index >= 15 is 0 Å². The number of ether oxygens (including phenoxy) is 1.